The van der Waals surface area contributed by atoms with E-state index in [0.717, 1.165) is 38.1 Å². The first-order chi connectivity index (χ1) is 13.5. The molecule has 1 N–H and O–H groups in total. The number of hydrogen-bond donors (Lipinski definition) is 1. The molecule has 3 aromatic rings. The van der Waals surface area contributed by atoms with Crippen molar-refractivity contribution in [3.63, 3.8) is 0 Å². The van der Waals surface area contributed by atoms with Gasteiger partial charge in [-0.2, -0.15) is 0 Å². The lowest BCUT2D eigenvalue weighted by molar-refractivity contribution is 0.601. The van der Waals surface area contributed by atoms with Gasteiger partial charge in [-0.15, -0.1) is 10.2 Å². The number of nitrogens with one attached hydrogen (secondary N) is 1. The summed E-state index contributed by atoms with van der Waals surface area (Å²) in [5.74, 6) is 1.62. The van der Waals surface area contributed by atoms with Crippen LogP contribution in [0, 0.1) is 0 Å². The number of sulfonamides is 1. The van der Waals surface area contributed by atoms with Gasteiger partial charge < -0.3 is 4.57 Å². The summed E-state index contributed by atoms with van der Waals surface area (Å²) in [7, 11) is -3.86. The predicted octanol–water partition coefficient (Wildman–Crippen LogP) is 4.89. The highest BCUT2D eigenvalue weighted by molar-refractivity contribution is 9.10. The number of aryl methyl sites for hydroxylation is 1. The van der Waals surface area contributed by atoms with Crippen LogP contribution >= 0.6 is 27.5 Å². The SMILES string of the molecule is O=S(=O)(Nc1ccccc1-c1nnc2n1CCCCC2)c1ccc(Br)cc1Cl. The lowest BCUT2D eigenvalue weighted by Crippen LogP contribution is -2.14. The van der Waals surface area contributed by atoms with Gasteiger partial charge in [0.15, 0.2) is 5.82 Å². The van der Waals surface area contributed by atoms with Gasteiger partial charge in [0.1, 0.15) is 10.7 Å². The van der Waals surface area contributed by atoms with Crippen molar-refractivity contribution >= 4 is 43.2 Å². The molecule has 4 rings (SSSR count). The Labute approximate surface area is 177 Å². The fourth-order valence-corrected chi connectivity index (χ4v) is 5.46. The number of anilines is 1. The average Bonchev–Trinajstić information content (AvgIpc) is 2.89. The van der Waals surface area contributed by atoms with Gasteiger partial charge in [0.05, 0.1) is 10.7 Å². The molecule has 0 saturated carbocycles. The number of hydrogen-bond acceptors (Lipinski definition) is 4. The molecule has 0 fully saturated rings. The van der Waals surface area contributed by atoms with E-state index in [-0.39, 0.29) is 9.92 Å². The Kier molecular flexibility index (Phi) is 5.44. The third kappa shape index (κ3) is 3.81. The van der Waals surface area contributed by atoms with Crippen LogP contribution < -0.4 is 4.72 Å². The number of halogens is 2. The highest BCUT2D eigenvalue weighted by atomic mass is 79.9. The Morgan fingerprint density at radius 3 is 2.71 bits per heavy atom. The quantitative estimate of drug-likeness (QED) is 0.576. The van der Waals surface area contributed by atoms with E-state index in [1.54, 1.807) is 24.3 Å². The van der Waals surface area contributed by atoms with Gasteiger partial charge in [-0.05, 0) is 43.2 Å². The van der Waals surface area contributed by atoms with E-state index in [9.17, 15) is 8.42 Å². The minimum absolute atomic E-state index is 0.0206. The smallest absolute Gasteiger partial charge is 0.263 e. The van der Waals surface area contributed by atoms with E-state index in [1.165, 1.54) is 6.07 Å². The topological polar surface area (TPSA) is 76.9 Å². The van der Waals surface area contributed by atoms with Crippen LogP contribution in [-0.4, -0.2) is 23.2 Å². The van der Waals surface area contributed by atoms with Crippen molar-refractivity contribution < 1.29 is 8.42 Å². The highest BCUT2D eigenvalue weighted by Crippen LogP contribution is 2.32. The Morgan fingerprint density at radius 1 is 1.07 bits per heavy atom. The number of rotatable bonds is 4. The first-order valence-corrected chi connectivity index (χ1v) is 11.6. The predicted molar refractivity (Wildman–Crippen MR) is 113 cm³/mol. The van der Waals surface area contributed by atoms with Gasteiger partial charge in [-0.25, -0.2) is 8.42 Å². The van der Waals surface area contributed by atoms with Gasteiger partial charge in [0.2, 0.25) is 0 Å². The number of aromatic nitrogens is 3. The molecule has 0 amide bonds. The normalized spacial score (nSPS) is 14.4. The fourth-order valence-electron chi connectivity index (χ4n) is 3.34. The molecule has 0 saturated heterocycles. The van der Waals surface area contributed by atoms with E-state index in [1.807, 2.05) is 12.1 Å². The summed E-state index contributed by atoms with van der Waals surface area (Å²) in [5.41, 5.74) is 1.14. The van der Waals surface area contributed by atoms with Crippen molar-refractivity contribution in [1.29, 1.82) is 0 Å². The molecule has 0 radical (unpaired) electrons. The summed E-state index contributed by atoms with van der Waals surface area (Å²) in [4.78, 5) is 0.0206. The molecule has 1 aliphatic rings. The third-order valence-electron chi connectivity index (χ3n) is 4.71. The zero-order chi connectivity index (χ0) is 19.7. The van der Waals surface area contributed by atoms with Crippen molar-refractivity contribution in [3.8, 4) is 11.4 Å². The minimum Gasteiger partial charge on any atom is -0.311 e. The van der Waals surface area contributed by atoms with E-state index in [4.69, 9.17) is 11.6 Å². The molecule has 0 spiro atoms. The van der Waals surface area contributed by atoms with Gasteiger partial charge in [0.25, 0.3) is 10.0 Å². The zero-order valence-corrected chi connectivity index (χ0v) is 18.1. The molecule has 9 heteroatoms. The van der Waals surface area contributed by atoms with Crippen LogP contribution in [0.15, 0.2) is 51.8 Å². The molecule has 0 unspecified atom stereocenters. The number of nitrogens with zero attached hydrogens (tertiary/aromatic N) is 3. The van der Waals surface area contributed by atoms with Crippen LogP contribution in [0.3, 0.4) is 0 Å². The summed E-state index contributed by atoms with van der Waals surface area (Å²) < 4.78 is 31.4. The van der Waals surface area contributed by atoms with Crippen LogP contribution in [0.1, 0.15) is 25.1 Å². The van der Waals surface area contributed by atoms with Crippen molar-refractivity contribution in [2.45, 2.75) is 37.1 Å². The van der Waals surface area contributed by atoms with Crippen LogP contribution in [0.2, 0.25) is 5.02 Å². The van der Waals surface area contributed by atoms with Gasteiger partial charge >= 0.3 is 0 Å². The minimum atomic E-state index is -3.86. The molecule has 0 aliphatic carbocycles. The third-order valence-corrected chi connectivity index (χ3v) is 7.05. The van der Waals surface area contributed by atoms with Crippen molar-refractivity contribution in [3.05, 3.63) is 57.8 Å². The second-order valence-electron chi connectivity index (χ2n) is 6.63. The zero-order valence-electron chi connectivity index (χ0n) is 14.9. The lowest BCUT2D eigenvalue weighted by atomic mass is 10.1. The standard InChI is InChI=1S/C19H18BrClN4O2S/c20-13-9-10-17(15(21)12-13)28(26,27)24-16-7-4-3-6-14(16)19-23-22-18-8-2-1-5-11-25(18)19/h3-4,6-7,9-10,12,24H,1-2,5,8,11H2. The number of benzene rings is 2. The molecule has 0 atom stereocenters. The molecule has 1 aromatic heterocycles. The maximum absolute atomic E-state index is 12.9. The summed E-state index contributed by atoms with van der Waals surface area (Å²) in [6, 6.07) is 11.9. The molecule has 146 valence electrons. The molecular weight excluding hydrogens is 464 g/mol. The number of fused-ring (bicyclic) bond motifs is 1. The Hall–Kier alpha value is -1.90. The molecule has 6 nitrogen and oxygen atoms in total. The van der Waals surface area contributed by atoms with E-state index >= 15 is 0 Å². The largest absolute Gasteiger partial charge is 0.311 e. The summed E-state index contributed by atoms with van der Waals surface area (Å²) in [6.07, 6.45) is 4.18. The second kappa shape index (κ2) is 7.85. The molecule has 2 aromatic carbocycles. The van der Waals surface area contributed by atoms with Crippen molar-refractivity contribution in [1.82, 2.24) is 14.8 Å². The molecular formula is C19H18BrClN4O2S. The summed E-state index contributed by atoms with van der Waals surface area (Å²) >= 11 is 9.45. The monoisotopic (exact) mass is 480 g/mol. The van der Waals surface area contributed by atoms with Gasteiger partial charge in [-0.1, -0.05) is 46.1 Å². The second-order valence-corrected chi connectivity index (χ2v) is 9.60. The maximum Gasteiger partial charge on any atom is 0.263 e. The first kappa shape index (κ1) is 19.4. The Bertz CT molecular complexity index is 1130. The highest BCUT2D eigenvalue weighted by Gasteiger charge is 2.22. The van der Waals surface area contributed by atoms with Crippen LogP contribution in [0.5, 0.6) is 0 Å². The van der Waals surface area contributed by atoms with Crippen LogP contribution in [0.25, 0.3) is 11.4 Å². The molecule has 0 bridgehead atoms. The van der Waals surface area contributed by atoms with Crippen molar-refractivity contribution in [2.75, 3.05) is 4.72 Å². The lowest BCUT2D eigenvalue weighted by Gasteiger charge is -2.14. The van der Waals surface area contributed by atoms with Crippen LogP contribution in [-0.2, 0) is 23.0 Å². The summed E-state index contributed by atoms with van der Waals surface area (Å²) in [6.45, 7) is 0.831. The van der Waals surface area contributed by atoms with E-state index in [0.29, 0.717) is 21.5 Å². The van der Waals surface area contributed by atoms with Crippen molar-refractivity contribution in [2.24, 2.45) is 0 Å². The first-order valence-electron chi connectivity index (χ1n) is 8.95. The van der Waals surface area contributed by atoms with Gasteiger partial charge in [0, 0.05) is 23.0 Å². The molecule has 2 heterocycles. The Morgan fingerprint density at radius 2 is 1.89 bits per heavy atom. The van der Waals surface area contributed by atoms with E-state index in [2.05, 4.69) is 35.4 Å². The number of para-hydroxylation sites is 1. The fraction of sp³-hybridized carbons (Fsp3) is 0.263. The van der Waals surface area contributed by atoms with Gasteiger partial charge in [-0.3, -0.25) is 4.72 Å². The molecule has 28 heavy (non-hydrogen) atoms. The summed E-state index contributed by atoms with van der Waals surface area (Å²) in [5, 5.41) is 8.82. The Balaban J connectivity index is 1.74. The van der Waals surface area contributed by atoms with E-state index < -0.39 is 10.0 Å². The van der Waals surface area contributed by atoms with Crippen LogP contribution in [0.4, 0.5) is 5.69 Å². The maximum atomic E-state index is 12.9. The average molecular weight is 482 g/mol. The molecule has 1 aliphatic heterocycles.